The van der Waals surface area contributed by atoms with Gasteiger partial charge in [0.2, 0.25) is 0 Å². The number of carbonyl (C=O) groups is 2. The van der Waals surface area contributed by atoms with E-state index in [9.17, 15) is 9.59 Å². The second kappa shape index (κ2) is 6.42. The number of aliphatic carboxylic acids is 1. The Morgan fingerprint density at radius 1 is 1.50 bits per heavy atom. The summed E-state index contributed by atoms with van der Waals surface area (Å²) < 4.78 is 10.1. The summed E-state index contributed by atoms with van der Waals surface area (Å²) in [7, 11) is 0. The lowest BCUT2D eigenvalue weighted by atomic mass is 10.0. The second-order valence-electron chi connectivity index (χ2n) is 4.63. The van der Waals surface area contributed by atoms with Crippen LogP contribution in [0.2, 0.25) is 0 Å². The quantitative estimate of drug-likeness (QED) is 0.837. The first-order valence-corrected chi connectivity index (χ1v) is 6.49. The zero-order valence-electron chi connectivity index (χ0n) is 11.2. The molecule has 0 saturated carbocycles. The average molecular weight is 282 g/mol. The number of carbonyl (C=O) groups excluding carboxylic acids is 1. The Kier molecular flexibility index (Phi) is 4.62. The van der Waals surface area contributed by atoms with Crippen LogP contribution in [0.1, 0.15) is 12.5 Å². The highest BCUT2D eigenvalue weighted by molar-refractivity contribution is 5.77. The monoisotopic (exact) mass is 282 g/mol. The predicted octanol–water partition coefficient (Wildman–Crippen LogP) is 0.911. The van der Waals surface area contributed by atoms with E-state index in [0.717, 1.165) is 5.56 Å². The Hall–Kier alpha value is -2.02. The molecule has 1 aliphatic heterocycles. The van der Waals surface area contributed by atoms with Crippen molar-refractivity contribution in [2.75, 3.05) is 19.8 Å². The minimum atomic E-state index is -0.936. The van der Waals surface area contributed by atoms with Gasteiger partial charge in [0, 0.05) is 18.7 Å². The van der Waals surface area contributed by atoms with Crippen molar-refractivity contribution in [1.82, 2.24) is 10.2 Å². The third kappa shape index (κ3) is 3.11. The Bertz CT molecular complexity index is 459. The fraction of sp³-hybridized carbons (Fsp3) is 0.538. The first-order valence-electron chi connectivity index (χ1n) is 6.49. The van der Waals surface area contributed by atoms with E-state index in [1.807, 2.05) is 6.92 Å². The molecule has 110 valence electrons. The molecule has 0 aliphatic carbocycles. The molecular formula is C13H18N2O5. The number of carboxylic acid groups (broad SMARTS) is 1. The van der Waals surface area contributed by atoms with Crippen LogP contribution in [0.4, 0.5) is 4.79 Å². The summed E-state index contributed by atoms with van der Waals surface area (Å²) in [5.41, 5.74) is 0.854. The molecule has 1 aliphatic rings. The van der Waals surface area contributed by atoms with Crippen LogP contribution in [0.5, 0.6) is 0 Å². The van der Waals surface area contributed by atoms with E-state index in [-0.39, 0.29) is 19.2 Å². The van der Waals surface area contributed by atoms with Crippen LogP contribution in [0.15, 0.2) is 23.0 Å². The van der Waals surface area contributed by atoms with Gasteiger partial charge in [-0.2, -0.15) is 0 Å². The molecule has 1 saturated heterocycles. The van der Waals surface area contributed by atoms with Crippen LogP contribution in [0, 0.1) is 5.92 Å². The molecule has 0 radical (unpaired) electrons. The lowest BCUT2D eigenvalue weighted by molar-refractivity contribution is -0.142. The summed E-state index contributed by atoms with van der Waals surface area (Å²) in [5, 5.41) is 11.9. The van der Waals surface area contributed by atoms with Crippen LogP contribution >= 0.6 is 0 Å². The first kappa shape index (κ1) is 14.4. The molecule has 2 atom stereocenters. The molecule has 2 amide bonds. The summed E-state index contributed by atoms with van der Waals surface area (Å²) in [5.74, 6) is -1.61. The number of rotatable bonds is 5. The van der Waals surface area contributed by atoms with Crippen LogP contribution in [-0.4, -0.2) is 47.8 Å². The highest BCUT2D eigenvalue weighted by atomic mass is 16.5. The highest BCUT2D eigenvalue weighted by Gasteiger charge is 2.39. The molecule has 0 bridgehead atoms. The van der Waals surface area contributed by atoms with Gasteiger partial charge in [-0.15, -0.1) is 0 Å². The smallest absolute Gasteiger partial charge is 0.318 e. The maximum atomic E-state index is 12.2. The number of nitrogens with zero attached hydrogens (tertiary/aromatic N) is 1. The van der Waals surface area contributed by atoms with E-state index < -0.39 is 17.9 Å². The number of likely N-dealkylation sites (N-methyl/N-ethyl adjacent to an activating group) is 1. The summed E-state index contributed by atoms with van der Waals surface area (Å²) in [4.78, 5) is 24.8. The van der Waals surface area contributed by atoms with E-state index >= 15 is 0 Å². The molecule has 7 nitrogen and oxygen atoms in total. The lowest BCUT2D eigenvalue weighted by Gasteiger charge is -2.29. The van der Waals surface area contributed by atoms with Crippen LogP contribution in [0.25, 0.3) is 0 Å². The average Bonchev–Trinajstić information content (AvgIpc) is 3.08. The molecule has 7 heteroatoms. The van der Waals surface area contributed by atoms with Crippen molar-refractivity contribution in [1.29, 1.82) is 0 Å². The van der Waals surface area contributed by atoms with Gasteiger partial charge in [-0.05, 0) is 13.0 Å². The van der Waals surface area contributed by atoms with Gasteiger partial charge in [-0.1, -0.05) is 0 Å². The number of amides is 2. The maximum Gasteiger partial charge on any atom is 0.318 e. The van der Waals surface area contributed by atoms with Crippen molar-refractivity contribution in [3.63, 3.8) is 0 Å². The SMILES string of the molecule is CCN(C(=O)NCc1ccoc1)C1COCC1C(=O)O. The Balaban J connectivity index is 1.96. The summed E-state index contributed by atoms with van der Waals surface area (Å²) >= 11 is 0. The van der Waals surface area contributed by atoms with Gasteiger partial charge in [0.1, 0.15) is 5.92 Å². The van der Waals surface area contributed by atoms with E-state index in [2.05, 4.69) is 5.32 Å². The topological polar surface area (TPSA) is 92.0 Å². The number of urea groups is 1. The van der Waals surface area contributed by atoms with Crippen molar-refractivity contribution in [3.05, 3.63) is 24.2 Å². The van der Waals surface area contributed by atoms with Crippen molar-refractivity contribution in [3.8, 4) is 0 Å². The third-order valence-electron chi connectivity index (χ3n) is 3.39. The molecule has 0 spiro atoms. The molecule has 1 aromatic heterocycles. The van der Waals surface area contributed by atoms with Crippen LogP contribution in [0.3, 0.4) is 0 Å². The van der Waals surface area contributed by atoms with Gasteiger partial charge in [-0.3, -0.25) is 4.79 Å². The van der Waals surface area contributed by atoms with E-state index in [1.165, 1.54) is 11.2 Å². The maximum absolute atomic E-state index is 12.2. The minimum absolute atomic E-state index is 0.144. The Morgan fingerprint density at radius 3 is 2.90 bits per heavy atom. The van der Waals surface area contributed by atoms with Gasteiger partial charge < -0.3 is 24.5 Å². The van der Waals surface area contributed by atoms with Gasteiger partial charge >= 0.3 is 12.0 Å². The zero-order valence-corrected chi connectivity index (χ0v) is 11.2. The van der Waals surface area contributed by atoms with E-state index in [4.69, 9.17) is 14.3 Å². The van der Waals surface area contributed by atoms with E-state index in [1.54, 1.807) is 12.3 Å². The fourth-order valence-electron chi connectivity index (χ4n) is 2.29. The molecule has 20 heavy (non-hydrogen) atoms. The molecule has 0 aromatic carbocycles. The number of carboxylic acids is 1. The number of furan rings is 1. The van der Waals surface area contributed by atoms with Crippen LogP contribution < -0.4 is 5.32 Å². The molecular weight excluding hydrogens is 264 g/mol. The Labute approximate surface area is 116 Å². The molecule has 1 aromatic rings. The number of hydrogen-bond acceptors (Lipinski definition) is 4. The molecule has 2 heterocycles. The normalized spacial score (nSPS) is 21.6. The minimum Gasteiger partial charge on any atom is -0.481 e. The molecule has 1 fully saturated rings. The van der Waals surface area contributed by atoms with Gasteiger partial charge in [0.15, 0.2) is 0 Å². The van der Waals surface area contributed by atoms with Crippen molar-refractivity contribution < 1.29 is 23.8 Å². The third-order valence-corrected chi connectivity index (χ3v) is 3.39. The zero-order chi connectivity index (χ0) is 14.5. The van der Waals surface area contributed by atoms with Crippen molar-refractivity contribution >= 4 is 12.0 Å². The lowest BCUT2D eigenvalue weighted by Crippen LogP contribution is -2.50. The Morgan fingerprint density at radius 2 is 2.30 bits per heavy atom. The number of hydrogen-bond donors (Lipinski definition) is 2. The summed E-state index contributed by atoms with van der Waals surface area (Å²) in [6, 6.07) is 1.03. The summed E-state index contributed by atoms with van der Waals surface area (Å²) in [6.07, 6.45) is 3.08. The molecule has 2 N–H and O–H groups in total. The van der Waals surface area contributed by atoms with Crippen LogP contribution in [-0.2, 0) is 16.1 Å². The second-order valence-corrected chi connectivity index (χ2v) is 4.63. The number of ether oxygens (including phenoxy) is 1. The number of nitrogens with one attached hydrogen (secondary N) is 1. The predicted molar refractivity (Wildman–Crippen MR) is 69.1 cm³/mol. The van der Waals surface area contributed by atoms with Crippen molar-refractivity contribution in [2.24, 2.45) is 5.92 Å². The van der Waals surface area contributed by atoms with Crippen molar-refractivity contribution in [2.45, 2.75) is 19.5 Å². The van der Waals surface area contributed by atoms with Gasteiger partial charge in [0.05, 0.1) is 31.8 Å². The first-order chi connectivity index (χ1) is 9.63. The fourth-order valence-corrected chi connectivity index (χ4v) is 2.29. The highest BCUT2D eigenvalue weighted by Crippen LogP contribution is 2.20. The molecule has 2 rings (SSSR count). The summed E-state index contributed by atoms with van der Waals surface area (Å²) in [6.45, 7) is 2.98. The van der Waals surface area contributed by atoms with Gasteiger partial charge in [-0.25, -0.2) is 4.79 Å². The van der Waals surface area contributed by atoms with E-state index in [0.29, 0.717) is 13.1 Å². The molecule has 2 unspecified atom stereocenters. The standard InChI is InChI=1S/C13H18N2O5/c1-2-15(11-8-20-7-10(11)12(16)17)13(18)14-5-9-3-4-19-6-9/h3-4,6,10-11H,2,5,7-8H2,1H3,(H,14,18)(H,16,17). The largest absolute Gasteiger partial charge is 0.481 e. The van der Waals surface area contributed by atoms with Gasteiger partial charge in [0.25, 0.3) is 0 Å².